The normalized spacial score (nSPS) is 11.0. The molecule has 2 heteroatoms. The molecule has 0 aliphatic carbocycles. The van der Waals surface area contributed by atoms with Crippen molar-refractivity contribution in [1.29, 1.82) is 0 Å². The van der Waals surface area contributed by atoms with Gasteiger partial charge in [-0.3, -0.25) is 0 Å². The standard InChI is InChI=1S/C16H14OS/c1-17-16-13-8-4-3-6-11(13)10-12-7-5-9-14(18-2)15(12)16/h3-10H,1-2H3. The van der Waals surface area contributed by atoms with Crippen molar-refractivity contribution in [2.45, 2.75) is 4.90 Å². The number of fused-ring (bicyclic) bond motifs is 2. The van der Waals surface area contributed by atoms with E-state index in [0.29, 0.717) is 0 Å². The fourth-order valence-corrected chi connectivity index (χ4v) is 3.05. The van der Waals surface area contributed by atoms with Crippen molar-refractivity contribution in [1.82, 2.24) is 0 Å². The van der Waals surface area contributed by atoms with E-state index in [0.717, 1.165) is 5.75 Å². The summed E-state index contributed by atoms with van der Waals surface area (Å²) in [5.41, 5.74) is 0. The van der Waals surface area contributed by atoms with Crippen LogP contribution in [-0.4, -0.2) is 13.4 Å². The molecule has 0 unspecified atom stereocenters. The van der Waals surface area contributed by atoms with E-state index >= 15 is 0 Å². The van der Waals surface area contributed by atoms with E-state index < -0.39 is 0 Å². The van der Waals surface area contributed by atoms with Crippen LogP contribution in [0.5, 0.6) is 5.75 Å². The zero-order valence-corrected chi connectivity index (χ0v) is 11.3. The van der Waals surface area contributed by atoms with Gasteiger partial charge in [-0.25, -0.2) is 0 Å². The summed E-state index contributed by atoms with van der Waals surface area (Å²) >= 11 is 1.76. The third-order valence-electron chi connectivity index (χ3n) is 3.23. The van der Waals surface area contributed by atoms with Gasteiger partial charge in [0.2, 0.25) is 0 Å². The molecule has 0 N–H and O–H groups in total. The van der Waals surface area contributed by atoms with Crippen LogP contribution in [0.2, 0.25) is 0 Å². The van der Waals surface area contributed by atoms with Crippen molar-refractivity contribution >= 4 is 33.3 Å². The number of hydrogen-bond acceptors (Lipinski definition) is 2. The maximum atomic E-state index is 5.67. The SMILES string of the molecule is COc1c2ccccc2cc2cccc(SC)c12. The minimum atomic E-state index is 0.980. The van der Waals surface area contributed by atoms with Crippen molar-refractivity contribution < 1.29 is 4.74 Å². The van der Waals surface area contributed by atoms with Gasteiger partial charge < -0.3 is 4.74 Å². The van der Waals surface area contributed by atoms with Crippen LogP contribution in [0.15, 0.2) is 53.4 Å². The molecule has 0 bridgehead atoms. The first-order valence-electron chi connectivity index (χ1n) is 5.87. The Kier molecular flexibility index (Phi) is 2.88. The number of benzene rings is 3. The average molecular weight is 254 g/mol. The van der Waals surface area contributed by atoms with Crippen LogP contribution in [0, 0.1) is 0 Å². The minimum Gasteiger partial charge on any atom is -0.495 e. The van der Waals surface area contributed by atoms with Crippen LogP contribution < -0.4 is 4.74 Å². The lowest BCUT2D eigenvalue weighted by Gasteiger charge is -2.12. The van der Waals surface area contributed by atoms with Crippen molar-refractivity contribution in [3.8, 4) is 5.75 Å². The molecule has 0 radical (unpaired) electrons. The highest BCUT2D eigenvalue weighted by atomic mass is 32.2. The van der Waals surface area contributed by atoms with Gasteiger partial charge in [0.05, 0.1) is 7.11 Å². The van der Waals surface area contributed by atoms with E-state index in [-0.39, 0.29) is 0 Å². The van der Waals surface area contributed by atoms with Gasteiger partial charge in [-0.1, -0.05) is 36.4 Å². The number of methoxy groups -OCH3 is 1. The first-order valence-corrected chi connectivity index (χ1v) is 7.10. The van der Waals surface area contributed by atoms with Crippen molar-refractivity contribution in [2.75, 3.05) is 13.4 Å². The Morgan fingerprint density at radius 3 is 2.50 bits per heavy atom. The van der Waals surface area contributed by atoms with Crippen molar-refractivity contribution in [3.63, 3.8) is 0 Å². The molecule has 1 nitrogen and oxygen atoms in total. The van der Waals surface area contributed by atoms with E-state index in [1.165, 1.54) is 26.4 Å². The van der Waals surface area contributed by atoms with Gasteiger partial charge in [0.15, 0.2) is 0 Å². The summed E-state index contributed by atoms with van der Waals surface area (Å²) in [6.45, 7) is 0. The zero-order chi connectivity index (χ0) is 12.5. The molecule has 90 valence electrons. The highest BCUT2D eigenvalue weighted by molar-refractivity contribution is 7.98. The van der Waals surface area contributed by atoms with Gasteiger partial charge >= 0.3 is 0 Å². The largest absolute Gasteiger partial charge is 0.495 e. The molecular formula is C16H14OS. The average Bonchev–Trinajstić information content (AvgIpc) is 2.44. The highest BCUT2D eigenvalue weighted by Crippen LogP contribution is 2.39. The topological polar surface area (TPSA) is 9.23 Å². The second kappa shape index (κ2) is 4.54. The summed E-state index contributed by atoms with van der Waals surface area (Å²) in [6.07, 6.45) is 2.10. The monoisotopic (exact) mass is 254 g/mol. The molecule has 0 amide bonds. The lowest BCUT2D eigenvalue weighted by Crippen LogP contribution is -1.89. The summed E-state index contributed by atoms with van der Waals surface area (Å²) < 4.78 is 5.67. The number of rotatable bonds is 2. The quantitative estimate of drug-likeness (QED) is 0.483. The summed E-state index contributed by atoms with van der Waals surface area (Å²) in [4.78, 5) is 1.26. The van der Waals surface area contributed by atoms with Crippen molar-refractivity contribution in [2.24, 2.45) is 0 Å². The molecule has 0 fully saturated rings. The summed E-state index contributed by atoms with van der Waals surface area (Å²) in [5.74, 6) is 0.980. The highest BCUT2D eigenvalue weighted by Gasteiger charge is 2.10. The third kappa shape index (κ3) is 1.65. The Labute approximate surface area is 111 Å². The molecule has 0 saturated carbocycles. The molecule has 0 aromatic heterocycles. The summed E-state index contributed by atoms with van der Waals surface area (Å²) in [5, 5.41) is 4.85. The number of thioether (sulfide) groups is 1. The van der Waals surface area contributed by atoms with Gasteiger partial charge in [0.25, 0.3) is 0 Å². The number of ether oxygens (including phenoxy) is 1. The van der Waals surface area contributed by atoms with Gasteiger partial charge in [-0.15, -0.1) is 11.8 Å². The van der Waals surface area contributed by atoms with Crippen LogP contribution in [-0.2, 0) is 0 Å². The first kappa shape index (κ1) is 11.4. The molecule has 3 rings (SSSR count). The maximum absolute atomic E-state index is 5.67. The maximum Gasteiger partial charge on any atom is 0.135 e. The van der Waals surface area contributed by atoms with Gasteiger partial charge in [0.1, 0.15) is 5.75 Å². The predicted molar refractivity (Wildman–Crippen MR) is 79.8 cm³/mol. The molecule has 0 saturated heterocycles. The minimum absolute atomic E-state index is 0.980. The Morgan fingerprint density at radius 1 is 0.944 bits per heavy atom. The van der Waals surface area contributed by atoms with E-state index in [4.69, 9.17) is 4.74 Å². The first-order chi connectivity index (χ1) is 8.85. The number of hydrogen-bond donors (Lipinski definition) is 0. The van der Waals surface area contributed by atoms with Crippen LogP contribution in [0.1, 0.15) is 0 Å². The van der Waals surface area contributed by atoms with Crippen LogP contribution in [0.25, 0.3) is 21.5 Å². The Balaban J connectivity index is 2.55. The fourth-order valence-electron chi connectivity index (χ4n) is 2.43. The van der Waals surface area contributed by atoms with Gasteiger partial charge in [0, 0.05) is 15.7 Å². The molecule has 0 heterocycles. The van der Waals surface area contributed by atoms with Gasteiger partial charge in [-0.05, 0) is 29.2 Å². The van der Waals surface area contributed by atoms with E-state index in [2.05, 4.69) is 54.8 Å². The molecule has 0 aliphatic heterocycles. The van der Waals surface area contributed by atoms with E-state index in [1.54, 1.807) is 18.9 Å². The fraction of sp³-hybridized carbons (Fsp3) is 0.125. The van der Waals surface area contributed by atoms with E-state index in [9.17, 15) is 0 Å². The lowest BCUT2D eigenvalue weighted by atomic mass is 10.0. The smallest absolute Gasteiger partial charge is 0.135 e. The summed E-state index contributed by atoms with van der Waals surface area (Å²) in [7, 11) is 1.75. The van der Waals surface area contributed by atoms with Crippen LogP contribution >= 0.6 is 11.8 Å². The second-order valence-corrected chi connectivity index (χ2v) is 5.04. The Morgan fingerprint density at radius 2 is 1.72 bits per heavy atom. The molecule has 18 heavy (non-hydrogen) atoms. The molecule has 3 aromatic rings. The van der Waals surface area contributed by atoms with Crippen LogP contribution in [0.3, 0.4) is 0 Å². The Hall–Kier alpha value is -1.67. The van der Waals surface area contributed by atoms with E-state index in [1.807, 2.05) is 0 Å². The van der Waals surface area contributed by atoms with Crippen LogP contribution in [0.4, 0.5) is 0 Å². The third-order valence-corrected chi connectivity index (χ3v) is 4.01. The van der Waals surface area contributed by atoms with Gasteiger partial charge in [-0.2, -0.15) is 0 Å². The molecule has 3 aromatic carbocycles. The molecule has 0 spiro atoms. The molecule has 0 atom stereocenters. The predicted octanol–water partition coefficient (Wildman–Crippen LogP) is 4.72. The lowest BCUT2D eigenvalue weighted by molar-refractivity contribution is 0.424. The van der Waals surface area contributed by atoms with Crippen molar-refractivity contribution in [3.05, 3.63) is 48.5 Å². The molecule has 0 aliphatic rings. The Bertz CT molecular complexity index is 719. The second-order valence-electron chi connectivity index (χ2n) is 4.19. The zero-order valence-electron chi connectivity index (χ0n) is 10.4. The molecular weight excluding hydrogens is 240 g/mol. The summed E-state index contributed by atoms with van der Waals surface area (Å²) in [6, 6.07) is 17.0.